The maximum absolute atomic E-state index is 5.36. The van der Waals surface area contributed by atoms with Gasteiger partial charge in [-0.3, -0.25) is 4.99 Å². The Morgan fingerprint density at radius 1 is 1.08 bits per heavy atom. The lowest BCUT2D eigenvalue weighted by Crippen LogP contribution is -2.41. The summed E-state index contributed by atoms with van der Waals surface area (Å²) in [5, 5.41) is 6.81. The zero-order valence-electron chi connectivity index (χ0n) is 15.7. The minimum atomic E-state index is 0.579. The molecule has 0 aromatic heterocycles. The van der Waals surface area contributed by atoms with Gasteiger partial charge in [0, 0.05) is 26.1 Å². The van der Waals surface area contributed by atoms with Crippen LogP contribution in [0, 0.1) is 0 Å². The second kappa shape index (κ2) is 8.61. The molecule has 0 saturated carbocycles. The molecule has 0 aliphatic heterocycles. The average Bonchev–Trinajstić information content (AvgIpc) is 2.67. The van der Waals surface area contributed by atoms with Crippen LogP contribution in [0.4, 0.5) is 0 Å². The third kappa shape index (κ3) is 4.10. The minimum Gasteiger partial charge on any atom is -0.493 e. The van der Waals surface area contributed by atoms with Crippen LogP contribution in [0.5, 0.6) is 11.5 Å². The van der Waals surface area contributed by atoms with Crippen LogP contribution in [0.25, 0.3) is 0 Å². The summed E-state index contributed by atoms with van der Waals surface area (Å²) in [6, 6.07) is 14.7. The van der Waals surface area contributed by atoms with Crippen molar-refractivity contribution in [3.8, 4) is 11.5 Å². The SMILES string of the molecule is CN=C(NCCc1ccc(OC)c(OC)c1)NCC1Cc2ccccc21. The van der Waals surface area contributed by atoms with E-state index in [0.717, 1.165) is 43.4 Å². The highest BCUT2D eigenvalue weighted by molar-refractivity contribution is 5.79. The van der Waals surface area contributed by atoms with E-state index in [1.165, 1.54) is 16.7 Å². The van der Waals surface area contributed by atoms with E-state index in [9.17, 15) is 0 Å². The highest BCUT2D eigenvalue weighted by Gasteiger charge is 2.25. The van der Waals surface area contributed by atoms with Crippen LogP contribution >= 0.6 is 0 Å². The van der Waals surface area contributed by atoms with E-state index in [1.54, 1.807) is 21.3 Å². The van der Waals surface area contributed by atoms with Gasteiger partial charge in [0.1, 0.15) is 0 Å². The van der Waals surface area contributed by atoms with Crippen molar-refractivity contribution in [1.82, 2.24) is 10.6 Å². The molecule has 0 bridgehead atoms. The molecule has 1 unspecified atom stereocenters. The van der Waals surface area contributed by atoms with Crippen molar-refractivity contribution < 1.29 is 9.47 Å². The monoisotopic (exact) mass is 353 g/mol. The summed E-state index contributed by atoms with van der Waals surface area (Å²) in [6.07, 6.45) is 2.03. The summed E-state index contributed by atoms with van der Waals surface area (Å²) in [5.41, 5.74) is 4.12. The number of rotatable bonds is 7. The van der Waals surface area contributed by atoms with Crippen molar-refractivity contribution in [2.75, 3.05) is 34.4 Å². The Morgan fingerprint density at radius 2 is 1.88 bits per heavy atom. The first kappa shape index (κ1) is 18.1. The molecule has 26 heavy (non-hydrogen) atoms. The molecule has 0 amide bonds. The molecule has 2 aromatic rings. The summed E-state index contributed by atoms with van der Waals surface area (Å²) in [5.74, 6) is 2.93. The second-order valence-corrected chi connectivity index (χ2v) is 6.42. The first-order valence-electron chi connectivity index (χ1n) is 8.98. The van der Waals surface area contributed by atoms with Gasteiger partial charge in [-0.15, -0.1) is 0 Å². The largest absolute Gasteiger partial charge is 0.493 e. The molecule has 2 aromatic carbocycles. The van der Waals surface area contributed by atoms with E-state index < -0.39 is 0 Å². The minimum absolute atomic E-state index is 0.579. The first-order chi connectivity index (χ1) is 12.7. The number of hydrogen-bond acceptors (Lipinski definition) is 3. The number of methoxy groups -OCH3 is 2. The number of nitrogens with one attached hydrogen (secondary N) is 2. The van der Waals surface area contributed by atoms with Gasteiger partial charge in [0.25, 0.3) is 0 Å². The summed E-state index contributed by atoms with van der Waals surface area (Å²) in [6.45, 7) is 1.71. The molecular weight excluding hydrogens is 326 g/mol. The van der Waals surface area contributed by atoms with Crippen LogP contribution in [-0.2, 0) is 12.8 Å². The molecule has 2 N–H and O–H groups in total. The Labute approximate surface area is 155 Å². The van der Waals surface area contributed by atoms with E-state index in [1.807, 2.05) is 12.1 Å². The number of aliphatic imine (C=N–C) groups is 1. The van der Waals surface area contributed by atoms with Crippen molar-refractivity contribution in [3.05, 3.63) is 59.2 Å². The summed E-state index contributed by atoms with van der Waals surface area (Å²) in [4.78, 5) is 4.32. The lowest BCUT2D eigenvalue weighted by atomic mass is 9.78. The Morgan fingerprint density at radius 3 is 2.62 bits per heavy atom. The summed E-state index contributed by atoms with van der Waals surface area (Å²) < 4.78 is 10.6. The fourth-order valence-corrected chi connectivity index (χ4v) is 3.35. The molecular formula is C21H27N3O2. The fourth-order valence-electron chi connectivity index (χ4n) is 3.35. The van der Waals surface area contributed by atoms with Gasteiger partial charge >= 0.3 is 0 Å². The predicted octanol–water partition coefficient (Wildman–Crippen LogP) is 2.75. The fraction of sp³-hybridized carbons (Fsp3) is 0.381. The van der Waals surface area contributed by atoms with E-state index in [4.69, 9.17) is 9.47 Å². The molecule has 0 heterocycles. The quantitative estimate of drug-likeness (QED) is 0.594. The molecule has 0 saturated heterocycles. The topological polar surface area (TPSA) is 54.9 Å². The maximum Gasteiger partial charge on any atom is 0.191 e. The molecule has 5 nitrogen and oxygen atoms in total. The van der Waals surface area contributed by atoms with Gasteiger partial charge < -0.3 is 20.1 Å². The molecule has 0 fully saturated rings. The number of guanidine groups is 1. The zero-order valence-corrected chi connectivity index (χ0v) is 15.7. The average molecular weight is 353 g/mol. The van der Waals surface area contributed by atoms with Gasteiger partial charge in [0.15, 0.2) is 17.5 Å². The van der Waals surface area contributed by atoms with Crippen molar-refractivity contribution >= 4 is 5.96 Å². The van der Waals surface area contributed by atoms with Gasteiger partial charge in [0.05, 0.1) is 14.2 Å². The third-order valence-electron chi connectivity index (χ3n) is 4.85. The molecule has 5 heteroatoms. The predicted molar refractivity (Wildman–Crippen MR) is 106 cm³/mol. The number of benzene rings is 2. The van der Waals surface area contributed by atoms with E-state index in [2.05, 4.69) is 46.0 Å². The standard InChI is InChI=1S/C21H27N3O2/c1-22-21(24-14-17-13-16-6-4-5-7-18(16)17)23-11-10-15-8-9-19(25-2)20(12-15)26-3/h4-9,12,17H,10-11,13-14H2,1-3H3,(H2,22,23,24). The number of ether oxygens (including phenoxy) is 2. The first-order valence-corrected chi connectivity index (χ1v) is 8.98. The van der Waals surface area contributed by atoms with E-state index >= 15 is 0 Å². The smallest absolute Gasteiger partial charge is 0.191 e. The Hall–Kier alpha value is -2.69. The Bertz CT molecular complexity index is 774. The molecule has 0 radical (unpaired) electrons. The highest BCUT2D eigenvalue weighted by Crippen LogP contribution is 2.33. The van der Waals surface area contributed by atoms with Crippen LogP contribution in [0.1, 0.15) is 22.6 Å². The number of nitrogens with zero attached hydrogens (tertiary/aromatic N) is 1. The van der Waals surface area contributed by atoms with Gasteiger partial charge in [-0.1, -0.05) is 30.3 Å². The van der Waals surface area contributed by atoms with E-state index in [-0.39, 0.29) is 0 Å². The Kier molecular flexibility index (Phi) is 6.00. The molecule has 1 aliphatic carbocycles. The molecule has 3 rings (SSSR count). The highest BCUT2D eigenvalue weighted by atomic mass is 16.5. The van der Waals surface area contributed by atoms with Crippen LogP contribution in [0.15, 0.2) is 47.5 Å². The summed E-state index contributed by atoms with van der Waals surface area (Å²) in [7, 11) is 5.11. The number of hydrogen-bond donors (Lipinski definition) is 2. The molecule has 1 atom stereocenters. The van der Waals surface area contributed by atoms with Gasteiger partial charge in [-0.05, 0) is 41.7 Å². The van der Waals surface area contributed by atoms with Crippen molar-refractivity contribution in [3.63, 3.8) is 0 Å². The third-order valence-corrected chi connectivity index (χ3v) is 4.85. The van der Waals surface area contributed by atoms with Gasteiger partial charge in [-0.2, -0.15) is 0 Å². The van der Waals surface area contributed by atoms with Crippen molar-refractivity contribution in [2.45, 2.75) is 18.8 Å². The lowest BCUT2D eigenvalue weighted by Gasteiger charge is -2.30. The van der Waals surface area contributed by atoms with Gasteiger partial charge in [0.2, 0.25) is 0 Å². The Balaban J connectivity index is 1.45. The lowest BCUT2D eigenvalue weighted by molar-refractivity contribution is 0.354. The molecule has 138 valence electrons. The van der Waals surface area contributed by atoms with Gasteiger partial charge in [-0.25, -0.2) is 0 Å². The van der Waals surface area contributed by atoms with E-state index in [0.29, 0.717) is 5.92 Å². The van der Waals surface area contributed by atoms with Crippen molar-refractivity contribution in [2.24, 2.45) is 4.99 Å². The molecule has 1 aliphatic rings. The van der Waals surface area contributed by atoms with Crippen LogP contribution in [0.3, 0.4) is 0 Å². The van der Waals surface area contributed by atoms with Crippen LogP contribution in [0.2, 0.25) is 0 Å². The zero-order chi connectivity index (χ0) is 18.4. The molecule has 0 spiro atoms. The van der Waals surface area contributed by atoms with Crippen LogP contribution < -0.4 is 20.1 Å². The van der Waals surface area contributed by atoms with Crippen molar-refractivity contribution in [1.29, 1.82) is 0 Å². The normalized spacial score (nSPS) is 15.7. The maximum atomic E-state index is 5.36. The summed E-state index contributed by atoms with van der Waals surface area (Å²) >= 11 is 0. The second-order valence-electron chi connectivity index (χ2n) is 6.42. The van der Waals surface area contributed by atoms with Crippen LogP contribution in [-0.4, -0.2) is 40.3 Å². The number of fused-ring (bicyclic) bond motifs is 1.